The lowest BCUT2D eigenvalue weighted by Gasteiger charge is -2.27. The zero-order chi connectivity index (χ0) is 25.8. The van der Waals surface area contributed by atoms with E-state index in [-0.39, 0.29) is 11.8 Å². The van der Waals surface area contributed by atoms with Crippen LogP contribution in [-0.4, -0.2) is 46.8 Å². The van der Waals surface area contributed by atoms with Gasteiger partial charge in [-0.2, -0.15) is 0 Å². The average molecular weight is 512 g/mol. The molecule has 0 spiro atoms. The zero-order valence-corrected chi connectivity index (χ0v) is 21.7. The molecule has 1 unspecified atom stereocenters. The first-order valence-corrected chi connectivity index (χ1v) is 13.1. The van der Waals surface area contributed by atoms with E-state index >= 15 is 0 Å². The van der Waals surface area contributed by atoms with Crippen LogP contribution in [0.2, 0.25) is 0 Å². The summed E-state index contributed by atoms with van der Waals surface area (Å²) in [5.41, 5.74) is 5.14. The third kappa shape index (κ3) is 5.93. The van der Waals surface area contributed by atoms with Crippen molar-refractivity contribution in [1.82, 2.24) is 20.2 Å². The van der Waals surface area contributed by atoms with Gasteiger partial charge >= 0.3 is 0 Å². The maximum atomic E-state index is 12.9. The number of benzene rings is 2. The van der Waals surface area contributed by atoms with Crippen molar-refractivity contribution in [2.24, 2.45) is 0 Å². The summed E-state index contributed by atoms with van der Waals surface area (Å²) in [6.45, 7) is 0.323. The van der Waals surface area contributed by atoms with Crippen LogP contribution >= 0.6 is 11.3 Å². The number of hydrogen-bond acceptors (Lipinski definition) is 6. The van der Waals surface area contributed by atoms with E-state index in [0.29, 0.717) is 28.8 Å². The zero-order valence-electron chi connectivity index (χ0n) is 20.9. The molecule has 7 nitrogen and oxygen atoms in total. The van der Waals surface area contributed by atoms with Crippen LogP contribution in [0.5, 0.6) is 0 Å². The summed E-state index contributed by atoms with van der Waals surface area (Å²) >= 11 is 1.57. The predicted octanol–water partition coefficient (Wildman–Crippen LogP) is 4.81. The quantitative estimate of drug-likeness (QED) is 0.372. The minimum absolute atomic E-state index is 0.166. The molecule has 2 N–H and O–H groups in total. The van der Waals surface area contributed by atoms with Gasteiger partial charge in [0.25, 0.3) is 11.8 Å². The Hall–Kier alpha value is -3.88. The topological polar surface area (TPSA) is 87.2 Å². The Labute approximate surface area is 220 Å². The van der Waals surface area contributed by atoms with Gasteiger partial charge in [-0.15, -0.1) is 11.3 Å². The standard InChI is InChI=1S/C29H29N5O2S/c1-34(2)24-10-11-25-26(17-24)37-29(32-25)33-28(36)23-5-3-4-19(16-23)18-31-27(35)22-8-6-20(7-9-22)21-12-14-30-15-13-21/h3-9,12-16,24H,10-11,17-18H2,1-2H3,(H,31,35)(H,32,33,36). The third-order valence-corrected chi connectivity index (χ3v) is 7.70. The number of aryl methyl sites for hydroxylation is 1. The molecule has 1 aliphatic rings. The molecule has 0 saturated heterocycles. The fourth-order valence-corrected chi connectivity index (χ4v) is 5.56. The van der Waals surface area contributed by atoms with Gasteiger partial charge in [0.15, 0.2) is 5.13 Å². The first-order chi connectivity index (χ1) is 18.0. The van der Waals surface area contributed by atoms with Crippen molar-refractivity contribution in [1.29, 1.82) is 0 Å². The van der Waals surface area contributed by atoms with Gasteiger partial charge in [-0.1, -0.05) is 24.3 Å². The van der Waals surface area contributed by atoms with Gasteiger partial charge in [0, 0.05) is 41.0 Å². The van der Waals surface area contributed by atoms with Crippen LogP contribution in [0.15, 0.2) is 73.1 Å². The van der Waals surface area contributed by atoms with E-state index in [9.17, 15) is 9.59 Å². The molecule has 5 rings (SSSR count). The van der Waals surface area contributed by atoms with E-state index in [1.165, 1.54) is 4.88 Å². The van der Waals surface area contributed by atoms with Crippen LogP contribution in [-0.2, 0) is 19.4 Å². The van der Waals surface area contributed by atoms with Crippen molar-refractivity contribution < 1.29 is 9.59 Å². The lowest BCUT2D eigenvalue weighted by molar-refractivity contribution is 0.0950. The van der Waals surface area contributed by atoms with Gasteiger partial charge in [-0.3, -0.25) is 19.9 Å². The lowest BCUT2D eigenvalue weighted by Crippen LogP contribution is -2.32. The minimum atomic E-state index is -0.199. The smallest absolute Gasteiger partial charge is 0.257 e. The molecular weight excluding hydrogens is 482 g/mol. The Morgan fingerprint density at radius 3 is 2.49 bits per heavy atom. The van der Waals surface area contributed by atoms with Crippen molar-refractivity contribution in [2.45, 2.75) is 31.8 Å². The summed E-state index contributed by atoms with van der Waals surface area (Å²) in [6, 6.07) is 19.1. The highest BCUT2D eigenvalue weighted by Crippen LogP contribution is 2.31. The van der Waals surface area contributed by atoms with Gasteiger partial charge in [0.2, 0.25) is 0 Å². The third-order valence-electron chi connectivity index (χ3n) is 6.67. The van der Waals surface area contributed by atoms with Crippen LogP contribution in [0.3, 0.4) is 0 Å². The van der Waals surface area contributed by atoms with E-state index in [1.807, 2.05) is 48.5 Å². The molecule has 2 aromatic heterocycles. The maximum Gasteiger partial charge on any atom is 0.257 e. The number of aromatic nitrogens is 2. The first-order valence-electron chi connectivity index (χ1n) is 12.3. The predicted molar refractivity (Wildman–Crippen MR) is 147 cm³/mol. The molecule has 0 aliphatic heterocycles. The highest BCUT2D eigenvalue weighted by atomic mass is 32.1. The fourth-order valence-electron chi connectivity index (χ4n) is 4.49. The highest BCUT2D eigenvalue weighted by Gasteiger charge is 2.24. The Morgan fingerprint density at radius 2 is 1.73 bits per heavy atom. The molecule has 0 bridgehead atoms. The van der Waals surface area contributed by atoms with Crippen molar-refractivity contribution in [3.05, 3.63) is 100 Å². The molecule has 2 heterocycles. The molecular formula is C29H29N5O2S. The van der Waals surface area contributed by atoms with Crippen LogP contribution < -0.4 is 10.6 Å². The van der Waals surface area contributed by atoms with E-state index in [0.717, 1.165) is 41.6 Å². The number of carbonyl (C=O) groups is 2. The van der Waals surface area contributed by atoms with E-state index in [1.54, 1.807) is 35.9 Å². The van der Waals surface area contributed by atoms with Crippen molar-refractivity contribution in [3.8, 4) is 11.1 Å². The second-order valence-electron chi connectivity index (χ2n) is 9.40. The summed E-state index contributed by atoms with van der Waals surface area (Å²) in [5, 5.41) is 6.54. The summed E-state index contributed by atoms with van der Waals surface area (Å²) in [5.74, 6) is -0.365. The molecule has 1 atom stereocenters. The van der Waals surface area contributed by atoms with Crippen LogP contribution in [0, 0.1) is 0 Å². The molecule has 4 aromatic rings. The number of likely N-dealkylation sites (N-methyl/N-ethyl adjacent to an activating group) is 1. The highest BCUT2D eigenvalue weighted by molar-refractivity contribution is 7.15. The average Bonchev–Trinajstić information content (AvgIpc) is 3.34. The van der Waals surface area contributed by atoms with Gasteiger partial charge in [-0.25, -0.2) is 4.98 Å². The van der Waals surface area contributed by atoms with Crippen molar-refractivity contribution in [3.63, 3.8) is 0 Å². The lowest BCUT2D eigenvalue weighted by atomic mass is 9.97. The van der Waals surface area contributed by atoms with Crippen LogP contribution in [0.25, 0.3) is 11.1 Å². The molecule has 0 radical (unpaired) electrons. The van der Waals surface area contributed by atoms with E-state index in [2.05, 4.69) is 39.6 Å². The number of amides is 2. The molecule has 8 heteroatoms. The Bertz CT molecular complexity index is 1400. The van der Waals surface area contributed by atoms with E-state index < -0.39 is 0 Å². The number of thiazole rings is 1. The fraction of sp³-hybridized carbons (Fsp3) is 0.241. The number of nitrogens with one attached hydrogen (secondary N) is 2. The number of hydrogen-bond donors (Lipinski definition) is 2. The normalized spacial score (nSPS) is 14.7. The van der Waals surface area contributed by atoms with Gasteiger partial charge < -0.3 is 10.2 Å². The number of pyridine rings is 1. The van der Waals surface area contributed by atoms with Gasteiger partial charge in [-0.05, 0) is 86.4 Å². The number of carbonyl (C=O) groups excluding carboxylic acids is 2. The summed E-state index contributed by atoms with van der Waals surface area (Å²) in [6.07, 6.45) is 6.48. The summed E-state index contributed by atoms with van der Waals surface area (Å²) in [4.78, 5) is 37.8. The molecule has 2 aromatic carbocycles. The maximum absolute atomic E-state index is 12.9. The molecule has 1 aliphatic carbocycles. The number of nitrogens with zero attached hydrogens (tertiary/aromatic N) is 3. The molecule has 0 saturated carbocycles. The SMILES string of the molecule is CN(C)C1CCc2nc(NC(=O)c3cccc(CNC(=O)c4ccc(-c5ccncc5)cc4)c3)sc2C1. The largest absolute Gasteiger partial charge is 0.348 e. The number of anilines is 1. The Kier molecular flexibility index (Phi) is 7.39. The van der Waals surface area contributed by atoms with Crippen LogP contribution in [0.1, 0.15) is 43.3 Å². The molecule has 0 fully saturated rings. The van der Waals surface area contributed by atoms with E-state index in [4.69, 9.17) is 0 Å². The Balaban J connectivity index is 1.18. The molecule has 188 valence electrons. The summed E-state index contributed by atoms with van der Waals surface area (Å²) < 4.78 is 0. The second-order valence-corrected chi connectivity index (χ2v) is 10.5. The summed E-state index contributed by atoms with van der Waals surface area (Å²) in [7, 11) is 4.21. The number of fused-ring (bicyclic) bond motifs is 1. The molecule has 37 heavy (non-hydrogen) atoms. The molecule has 2 amide bonds. The van der Waals surface area contributed by atoms with Crippen molar-refractivity contribution in [2.75, 3.05) is 19.4 Å². The van der Waals surface area contributed by atoms with Crippen LogP contribution in [0.4, 0.5) is 5.13 Å². The van der Waals surface area contributed by atoms with Crippen molar-refractivity contribution >= 4 is 28.3 Å². The van der Waals surface area contributed by atoms with Gasteiger partial charge in [0.05, 0.1) is 5.69 Å². The number of rotatable bonds is 7. The monoisotopic (exact) mass is 511 g/mol. The minimum Gasteiger partial charge on any atom is -0.348 e. The first kappa shape index (κ1) is 24.8. The second kappa shape index (κ2) is 11.0. The Morgan fingerprint density at radius 1 is 0.973 bits per heavy atom. The van der Waals surface area contributed by atoms with Gasteiger partial charge in [0.1, 0.15) is 0 Å².